The number of aryl methyl sites for hydroxylation is 1. The van der Waals surface area contributed by atoms with Crippen LogP contribution < -0.4 is 5.56 Å². The maximum atomic E-state index is 12.4. The third-order valence-corrected chi connectivity index (χ3v) is 4.33. The Kier molecular flexibility index (Phi) is 3.80. The molecule has 0 aliphatic heterocycles. The molecule has 0 aliphatic carbocycles. The van der Waals surface area contributed by atoms with Crippen LogP contribution >= 0.6 is 15.9 Å². The zero-order valence-electron chi connectivity index (χ0n) is 11.7. The Hall–Kier alpha value is -1.17. The molecule has 0 bridgehead atoms. The first-order valence-corrected chi connectivity index (χ1v) is 7.40. The molecule has 5 nitrogen and oxygen atoms in total. The number of aromatic nitrogens is 4. The van der Waals surface area contributed by atoms with E-state index in [1.807, 2.05) is 0 Å². The molecule has 6 heteroatoms. The van der Waals surface area contributed by atoms with Gasteiger partial charge in [-0.25, -0.2) is 4.98 Å². The standard InChI is InChI=1S/C13H19BrN4O/c1-13(2,3)9(5-14)7-18-8-15-11-10(12(18)19)6-16-17(11)4/h6,8-9H,5,7H2,1-4H3. The summed E-state index contributed by atoms with van der Waals surface area (Å²) in [7, 11) is 1.79. The summed E-state index contributed by atoms with van der Waals surface area (Å²) in [5, 5.41) is 5.51. The van der Waals surface area contributed by atoms with Gasteiger partial charge in [-0.05, 0) is 11.3 Å². The molecule has 0 spiro atoms. The Balaban J connectivity index is 2.41. The van der Waals surface area contributed by atoms with E-state index in [1.54, 1.807) is 28.8 Å². The molecule has 0 aromatic carbocycles. The lowest BCUT2D eigenvalue weighted by atomic mass is 9.82. The number of hydrogen-bond donors (Lipinski definition) is 0. The molecule has 1 atom stereocenters. The topological polar surface area (TPSA) is 52.7 Å². The number of hydrogen-bond acceptors (Lipinski definition) is 3. The molecular formula is C13H19BrN4O. The van der Waals surface area contributed by atoms with Gasteiger partial charge >= 0.3 is 0 Å². The number of fused-ring (bicyclic) bond motifs is 1. The van der Waals surface area contributed by atoms with Crippen LogP contribution in [-0.4, -0.2) is 24.7 Å². The highest BCUT2D eigenvalue weighted by molar-refractivity contribution is 9.09. The first-order valence-electron chi connectivity index (χ1n) is 6.27. The van der Waals surface area contributed by atoms with E-state index in [4.69, 9.17) is 0 Å². The van der Waals surface area contributed by atoms with Crippen LogP contribution in [0.3, 0.4) is 0 Å². The van der Waals surface area contributed by atoms with E-state index in [1.165, 1.54) is 0 Å². The Morgan fingerprint density at radius 1 is 1.42 bits per heavy atom. The van der Waals surface area contributed by atoms with Crippen molar-refractivity contribution in [3.63, 3.8) is 0 Å². The molecule has 0 saturated heterocycles. The summed E-state index contributed by atoms with van der Waals surface area (Å²) in [5.74, 6) is 0.362. The van der Waals surface area contributed by atoms with Crippen molar-refractivity contribution in [3.8, 4) is 0 Å². The average molecular weight is 327 g/mol. The largest absolute Gasteiger partial charge is 0.298 e. The van der Waals surface area contributed by atoms with Crippen molar-refractivity contribution in [3.05, 3.63) is 22.9 Å². The van der Waals surface area contributed by atoms with Crippen LogP contribution in [0.4, 0.5) is 0 Å². The predicted octanol–water partition coefficient (Wildman–Crippen LogP) is 2.19. The molecule has 1 unspecified atom stereocenters. The molecule has 2 rings (SSSR count). The first-order chi connectivity index (χ1) is 8.84. The van der Waals surface area contributed by atoms with Crippen LogP contribution in [0.15, 0.2) is 17.3 Å². The van der Waals surface area contributed by atoms with Gasteiger partial charge in [0.2, 0.25) is 0 Å². The van der Waals surface area contributed by atoms with Crippen molar-refractivity contribution in [2.45, 2.75) is 27.3 Å². The van der Waals surface area contributed by atoms with E-state index in [2.05, 4.69) is 46.8 Å². The summed E-state index contributed by atoms with van der Waals surface area (Å²) in [5.41, 5.74) is 0.744. The molecule has 0 fully saturated rings. The lowest BCUT2D eigenvalue weighted by molar-refractivity contribution is 0.237. The molecule has 0 aliphatic rings. The molecule has 2 heterocycles. The quantitative estimate of drug-likeness (QED) is 0.812. The predicted molar refractivity (Wildman–Crippen MR) is 79.5 cm³/mol. The Morgan fingerprint density at radius 3 is 2.68 bits per heavy atom. The van der Waals surface area contributed by atoms with Crippen LogP contribution in [0, 0.1) is 11.3 Å². The third-order valence-electron chi connectivity index (χ3n) is 3.55. The molecule has 2 aromatic heterocycles. The second-order valence-corrected chi connectivity index (χ2v) is 6.57. The summed E-state index contributed by atoms with van der Waals surface area (Å²) >= 11 is 3.54. The maximum Gasteiger partial charge on any atom is 0.264 e. The highest BCUT2D eigenvalue weighted by atomic mass is 79.9. The van der Waals surface area contributed by atoms with Gasteiger partial charge in [-0.15, -0.1) is 0 Å². The van der Waals surface area contributed by atoms with Crippen molar-refractivity contribution in [2.24, 2.45) is 18.4 Å². The smallest absolute Gasteiger partial charge is 0.264 e. The molecule has 0 N–H and O–H groups in total. The second kappa shape index (κ2) is 5.07. The summed E-state index contributed by atoms with van der Waals surface area (Å²) < 4.78 is 3.30. The molecule has 104 valence electrons. The SMILES string of the molecule is Cn1ncc2c(=O)n(CC(CBr)C(C)(C)C)cnc21. The van der Waals surface area contributed by atoms with Gasteiger partial charge in [0.15, 0.2) is 5.65 Å². The zero-order chi connectivity index (χ0) is 14.2. The van der Waals surface area contributed by atoms with Gasteiger partial charge in [0.05, 0.1) is 12.5 Å². The minimum atomic E-state index is -0.0201. The summed E-state index contributed by atoms with van der Waals surface area (Å²) in [6.45, 7) is 7.20. The molecule has 19 heavy (non-hydrogen) atoms. The Bertz CT molecular complexity index is 638. The van der Waals surface area contributed by atoms with Gasteiger partial charge in [-0.2, -0.15) is 5.10 Å². The molecule has 0 radical (unpaired) electrons. The average Bonchev–Trinajstić information content (AvgIpc) is 2.69. The molecular weight excluding hydrogens is 308 g/mol. The molecule has 2 aromatic rings. The molecule has 0 amide bonds. The van der Waals surface area contributed by atoms with Gasteiger partial charge < -0.3 is 0 Å². The fraction of sp³-hybridized carbons (Fsp3) is 0.615. The fourth-order valence-electron chi connectivity index (χ4n) is 1.99. The van der Waals surface area contributed by atoms with Gasteiger partial charge in [0.1, 0.15) is 5.39 Å². The van der Waals surface area contributed by atoms with Gasteiger partial charge in [0.25, 0.3) is 5.56 Å². The zero-order valence-corrected chi connectivity index (χ0v) is 13.3. The summed E-state index contributed by atoms with van der Waals surface area (Å²) in [6.07, 6.45) is 3.20. The van der Waals surface area contributed by atoms with Crippen LogP contribution in [0.5, 0.6) is 0 Å². The monoisotopic (exact) mass is 326 g/mol. The summed E-state index contributed by atoms with van der Waals surface area (Å²) in [4.78, 5) is 16.7. The number of halogens is 1. The number of rotatable bonds is 3. The van der Waals surface area contributed by atoms with E-state index >= 15 is 0 Å². The highest BCUT2D eigenvalue weighted by Crippen LogP contribution is 2.28. The number of nitrogens with zero attached hydrogens (tertiary/aromatic N) is 4. The highest BCUT2D eigenvalue weighted by Gasteiger charge is 2.24. The minimum absolute atomic E-state index is 0.0201. The van der Waals surface area contributed by atoms with Crippen molar-refractivity contribution in [1.82, 2.24) is 19.3 Å². The van der Waals surface area contributed by atoms with Crippen LogP contribution in [0.1, 0.15) is 20.8 Å². The Labute approximate surface area is 120 Å². The van der Waals surface area contributed by atoms with Crippen molar-refractivity contribution < 1.29 is 0 Å². The van der Waals surface area contributed by atoms with E-state index in [0.29, 0.717) is 23.5 Å². The normalized spacial score (nSPS) is 13.9. The lowest BCUT2D eigenvalue weighted by Crippen LogP contribution is -2.31. The van der Waals surface area contributed by atoms with Crippen LogP contribution in [0.25, 0.3) is 11.0 Å². The number of alkyl halides is 1. The fourth-order valence-corrected chi connectivity index (χ4v) is 3.16. The van der Waals surface area contributed by atoms with Gasteiger partial charge in [-0.3, -0.25) is 14.0 Å². The van der Waals surface area contributed by atoms with Crippen molar-refractivity contribution >= 4 is 27.0 Å². The third kappa shape index (κ3) is 2.73. The molecule has 0 saturated carbocycles. The van der Waals surface area contributed by atoms with Crippen LogP contribution in [0.2, 0.25) is 0 Å². The minimum Gasteiger partial charge on any atom is -0.298 e. The second-order valence-electron chi connectivity index (χ2n) is 5.92. The van der Waals surface area contributed by atoms with Gasteiger partial charge in [-0.1, -0.05) is 36.7 Å². The maximum absolute atomic E-state index is 12.4. The van der Waals surface area contributed by atoms with Gasteiger partial charge in [0, 0.05) is 18.9 Å². The first kappa shape index (κ1) is 14.2. The summed E-state index contributed by atoms with van der Waals surface area (Å²) in [6, 6.07) is 0. The van der Waals surface area contributed by atoms with Crippen LogP contribution in [-0.2, 0) is 13.6 Å². The van der Waals surface area contributed by atoms with E-state index in [-0.39, 0.29) is 11.0 Å². The van der Waals surface area contributed by atoms with E-state index < -0.39 is 0 Å². The lowest BCUT2D eigenvalue weighted by Gasteiger charge is -2.29. The van der Waals surface area contributed by atoms with Crippen molar-refractivity contribution in [2.75, 3.05) is 5.33 Å². The van der Waals surface area contributed by atoms with E-state index in [9.17, 15) is 4.79 Å². The van der Waals surface area contributed by atoms with Crippen molar-refractivity contribution in [1.29, 1.82) is 0 Å². The Morgan fingerprint density at radius 2 is 2.11 bits per heavy atom. The van der Waals surface area contributed by atoms with E-state index in [0.717, 1.165) is 5.33 Å².